The van der Waals surface area contributed by atoms with Gasteiger partial charge in [0, 0.05) is 0 Å². The van der Waals surface area contributed by atoms with Crippen molar-refractivity contribution in [3.05, 3.63) is 65.7 Å². The lowest BCUT2D eigenvalue weighted by atomic mass is 10.1. The average molecular weight is 271 g/mol. The molecule has 4 nitrogen and oxygen atoms in total. The normalized spacial score (nSPS) is 11.8. The average Bonchev–Trinajstić information content (AvgIpc) is 2.47. The summed E-state index contributed by atoms with van der Waals surface area (Å²) >= 11 is 0. The molecule has 0 aliphatic heterocycles. The molecule has 0 bridgehead atoms. The predicted octanol–water partition coefficient (Wildman–Crippen LogP) is 2.07. The molecule has 1 atom stereocenters. The number of carboxylic acids is 1. The Bertz CT molecular complexity index is 552. The zero-order valence-corrected chi connectivity index (χ0v) is 11.0. The molecule has 3 N–H and O–H groups in total. The molecule has 0 aromatic heterocycles. The summed E-state index contributed by atoms with van der Waals surface area (Å²) in [6, 6.07) is 16.8. The summed E-state index contributed by atoms with van der Waals surface area (Å²) in [5.41, 5.74) is 7.79. The van der Waals surface area contributed by atoms with Crippen molar-refractivity contribution in [3.63, 3.8) is 0 Å². The van der Waals surface area contributed by atoms with Crippen molar-refractivity contribution in [3.8, 4) is 5.75 Å². The smallest absolute Gasteiger partial charge is 0.324 e. The molecule has 0 aliphatic rings. The molecule has 2 aromatic carbocycles. The van der Waals surface area contributed by atoms with E-state index in [1.165, 1.54) is 11.1 Å². The first-order valence-electron chi connectivity index (χ1n) is 6.39. The number of rotatable bonds is 6. The van der Waals surface area contributed by atoms with Crippen LogP contribution >= 0.6 is 0 Å². The molecule has 0 amide bonds. The summed E-state index contributed by atoms with van der Waals surface area (Å²) in [4.78, 5) is 10.6. The molecule has 0 aliphatic carbocycles. The van der Waals surface area contributed by atoms with Crippen LogP contribution in [0.3, 0.4) is 0 Å². The number of carboxylic acid groups (broad SMARTS) is 1. The number of carbonyl (C=O) groups is 1. The lowest BCUT2D eigenvalue weighted by Gasteiger charge is -2.10. The van der Waals surface area contributed by atoms with E-state index in [1.807, 2.05) is 42.5 Å². The van der Waals surface area contributed by atoms with Gasteiger partial charge in [-0.25, -0.2) is 0 Å². The van der Waals surface area contributed by atoms with Gasteiger partial charge in [-0.05, 0) is 29.7 Å². The lowest BCUT2D eigenvalue weighted by Crippen LogP contribution is -2.36. The van der Waals surface area contributed by atoms with Crippen molar-refractivity contribution in [2.75, 3.05) is 6.61 Å². The van der Waals surface area contributed by atoms with Crippen LogP contribution in [0.4, 0.5) is 0 Å². The number of nitrogens with two attached hydrogens (primary N) is 1. The highest BCUT2D eigenvalue weighted by Gasteiger charge is 2.11. The van der Waals surface area contributed by atoms with Crippen LogP contribution in [0, 0.1) is 0 Å². The quantitative estimate of drug-likeness (QED) is 0.843. The standard InChI is InChI=1S/C16H17NO3/c17-15(16(18)19)11-20-14-8-6-13(7-9-14)10-12-4-2-1-3-5-12/h1-9,15H,10-11,17H2,(H,18,19)/t15-/m0/s1. The first-order valence-corrected chi connectivity index (χ1v) is 6.39. The molecule has 2 aromatic rings. The van der Waals surface area contributed by atoms with E-state index in [1.54, 1.807) is 0 Å². The molecule has 0 saturated heterocycles. The van der Waals surface area contributed by atoms with Crippen LogP contribution < -0.4 is 10.5 Å². The van der Waals surface area contributed by atoms with Crippen LogP contribution in [0.1, 0.15) is 11.1 Å². The highest BCUT2D eigenvalue weighted by Crippen LogP contribution is 2.15. The minimum Gasteiger partial charge on any atom is -0.491 e. The van der Waals surface area contributed by atoms with Gasteiger partial charge in [0.15, 0.2) is 0 Å². The molecule has 2 rings (SSSR count). The van der Waals surface area contributed by atoms with Crippen LogP contribution in [-0.2, 0) is 11.2 Å². The maximum Gasteiger partial charge on any atom is 0.324 e. The Kier molecular flexibility index (Phi) is 4.74. The lowest BCUT2D eigenvalue weighted by molar-refractivity contribution is -0.139. The summed E-state index contributed by atoms with van der Waals surface area (Å²) in [6.45, 7) is -0.0344. The minimum atomic E-state index is -1.06. The summed E-state index contributed by atoms with van der Waals surface area (Å²) < 4.78 is 5.33. The second-order valence-corrected chi connectivity index (χ2v) is 4.56. The summed E-state index contributed by atoms with van der Waals surface area (Å²) in [5.74, 6) is -0.441. The number of ether oxygens (including phenoxy) is 1. The van der Waals surface area contributed by atoms with Crippen LogP contribution in [-0.4, -0.2) is 23.7 Å². The number of aliphatic carboxylic acids is 1. The molecule has 104 valence electrons. The summed E-state index contributed by atoms with van der Waals surface area (Å²) in [5, 5.41) is 8.66. The zero-order valence-electron chi connectivity index (χ0n) is 11.0. The monoisotopic (exact) mass is 271 g/mol. The van der Waals surface area contributed by atoms with Gasteiger partial charge in [-0.15, -0.1) is 0 Å². The largest absolute Gasteiger partial charge is 0.491 e. The highest BCUT2D eigenvalue weighted by molar-refractivity contribution is 5.73. The van der Waals surface area contributed by atoms with Gasteiger partial charge in [-0.1, -0.05) is 42.5 Å². The summed E-state index contributed by atoms with van der Waals surface area (Å²) in [7, 11) is 0. The fraction of sp³-hybridized carbons (Fsp3) is 0.188. The maximum atomic E-state index is 10.6. The second kappa shape index (κ2) is 6.73. The molecular weight excluding hydrogens is 254 g/mol. The third kappa shape index (κ3) is 4.10. The molecular formula is C16H17NO3. The zero-order chi connectivity index (χ0) is 14.4. The van der Waals surface area contributed by atoms with E-state index in [0.29, 0.717) is 5.75 Å². The molecule has 0 unspecified atom stereocenters. The van der Waals surface area contributed by atoms with E-state index >= 15 is 0 Å². The molecule has 20 heavy (non-hydrogen) atoms. The maximum absolute atomic E-state index is 10.6. The van der Waals surface area contributed by atoms with Crippen molar-refractivity contribution in [1.82, 2.24) is 0 Å². The Morgan fingerprint density at radius 3 is 2.25 bits per heavy atom. The van der Waals surface area contributed by atoms with Gasteiger partial charge >= 0.3 is 5.97 Å². The molecule has 0 spiro atoms. The number of benzene rings is 2. The van der Waals surface area contributed by atoms with Gasteiger partial charge in [0.05, 0.1) is 0 Å². The Hall–Kier alpha value is -2.33. The topological polar surface area (TPSA) is 72.5 Å². The van der Waals surface area contributed by atoms with Crippen molar-refractivity contribution < 1.29 is 14.6 Å². The van der Waals surface area contributed by atoms with Crippen molar-refractivity contribution in [2.24, 2.45) is 5.73 Å². The third-order valence-electron chi connectivity index (χ3n) is 2.92. The van der Waals surface area contributed by atoms with Crippen LogP contribution in [0.2, 0.25) is 0 Å². The van der Waals surface area contributed by atoms with E-state index in [4.69, 9.17) is 15.6 Å². The fourth-order valence-corrected chi connectivity index (χ4v) is 1.79. The molecule has 0 fully saturated rings. The van der Waals surface area contributed by atoms with E-state index in [-0.39, 0.29) is 6.61 Å². The van der Waals surface area contributed by atoms with E-state index in [2.05, 4.69) is 12.1 Å². The SMILES string of the molecule is N[C@@H](COc1ccc(Cc2ccccc2)cc1)C(=O)O. The molecule has 0 radical (unpaired) electrons. The molecule has 0 saturated carbocycles. The van der Waals surface area contributed by atoms with Gasteiger partial charge in [-0.3, -0.25) is 4.79 Å². The van der Waals surface area contributed by atoms with E-state index in [0.717, 1.165) is 6.42 Å². The van der Waals surface area contributed by atoms with Gasteiger partial charge in [-0.2, -0.15) is 0 Å². The van der Waals surface area contributed by atoms with Gasteiger partial charge in [0.1, 0.15) is 18.4 Å². The van der Waals surface area contributed by atoms with E-state index in [9.17, 15) is 4.79 Å². The molecule has 0 heterocycles. The number of hydrogen-bond acceptors (Lipinski definition) is 3. The fourth-order valence-electron chi connectivity index (χ4n) is 1.79. The molecule has 4 heteroatoms. The Labute approximate surface area is 117 Å². The van der Waals surface area contributed by atoms with Crippen molar-refractivity contribution in [2.45, 2.75) is 12.5 Å². The predicted molar refractivity (Wildman–Crippen MR) is 76.8 cm³/mol. The second-order valence-electron chi connectivity index (χ2n) is 4.56. The summed E-state index contributed by atoms with van der Waals surface area (Å²) in [6.07, 6.45) is 0.857. The van der Waals surface area contributed by atoms with Crippen LogP contribution in [0.15, 0.2) is 54.6 Å². The third-order valence-corrected chi connectivity index (χ3v) is 2.92. The van der Waals surface area contributed by atoms with E-state index < -0.39 is 12.0 Å². The first-order chi connectivity index (χ1) is 9.65. The number of hydrogen-bond donors (Lipinski definition) is 2. The van der Waals surface area contributed by atoms with Crippen LogP contribution in [0.25, 0.3) is 0 Å². The van der Waals surface area contributed by atoms with Crippen molar-refractivity contribution >= 4 is 5.97 Å². The van der Waals surface area contributed by atoms with Gasteiger partial charge < -0.3 is 15.6 Å². The van der Waals surface area contributed by atoms with Crippen molar-refractivity contribution in [1.29, 1.82) is 0 Å². The Morgan fingerprint density at radius 1 is 1.05 bits per heavy atom. The van der Waals surface area contributed by atoms with Gasteiger partial charge in [0.2, 0.25) is 0 Å². The van der Waals surface area contributed by atoms with Crippen LogP contribution in [0.5, 0.6) is 5.75 Å². The highest BCUT2D eigenvalue weighted by atomic mass is 16.5. The Balaban J connectivity index is 1.91. The minimum absolute atomic E-state index is 0.0344. The Morgan fingerprint density at radius 2 is 1.65 bits per heavy atom. The van der Waals surface area contributed by atoms with Gasteiger partial charge in [0.25, 0.3) is 0 Å². The first kappa shape index (κ1) is 14.1.